The third-order valence-electron chi connectivity index (χ3n) is 2.83. The van der Waals surface area contributed by atoms with E-state index < -0.39 is 17.4 Å². The lowest BCUT2D eigenvalue weighted by atomic mass is 9.83. The molecule has 1 aromatic carbocycles. The molecular weight excluding hydrogens is 254 g/mol. The Bertz CT molecular complexity index is 471. The van der Waals surface area contributed by atoms with Crippen LogP contribution in [0.5, 0.6) is 0 Å². The molecule has 98 valence electrons. The summed E-state index contributed by atoms with van der Waals surface area (Å²) in [7, 11) is 0. The van der Waals surface area contributed by atoms with E-state index in [-0.39, 0.29) is 5.91 Å². The lowest BCUT2D eigenvalue weighted by molar-refractivity contribution is -0.142. The van der Waals surface area contributed by atoms with Gasteiger partial charge in [0, 0.05) is 5.02 Å². The summed E-state index contributed by atoms with van der Waals surface area (Å²) < 4.78 is 0. The van der Waals surface area contributed by atoms with Gasteiger partial charge in [-0.25, -0.2) is 0 Å². The van der Waals surface area contributed by atoms with Gasteiger partial charge in [0.1, 0.15) is 6.04 Å². The minimum atomic E-state index is -1.06. The van der Waals surface area contributed by atoms with Gasteiger partial charge in [0.05, 0.1) is 5.41 Å². The second-order valence-corrected chi connectivity index (χ2v) is 5.11. The number of hydrogen-bond donors (Lipinski definition) is 2. The number of amides is 1. The van der Waals surface area contributed by atoms with Crippen molar-refractivity contribution in [2.24, 2.45) is 0 Å². The Morgan fingerprint density at radius 2 is 2.00 bits per heavy atom. The van der Waals surface area contributed by atoms with Gasteiger partial charge >= 0.3 is 5.97 Å². The van der Waals surface area contributed by atoms with E-state index in [9.17, 15) is 9.59 Å². The Labute approximate surface area is 111 Å². The number of carbonyl (C=O) groups is 2. The first-order valence-electron chi connectivity index (χ1n) is 5.55. The number of nitrogens with one attached hydrogen (secondary N) is 1. The molecule has 0 aromatic heterocycles. The van der Waals surface area contributed by atoms with Crippen molar-refractivity contribution in [1.82, 2.24) is 5.32 Å². The molecule has 0 bridgehead atoms. The number of hydrogen-bond acceptors (Lipinski definition) is 2. The number of carboxylic acids is 1. The highest BCUT2D eigenvalue weighted by Crippen LogP contribution is 2.25. The number of rotatable bonds is 4. The summed E-state index contributed by atoms with van der Waals surface area (Å²) in [5.41, 5.74) is -0.0979. The third kappa shape index (κ3) is 3.23. The molecular formula is C13H16ClNO3. The maximum atomic E-state index is 12.1. The van der Waals surface area contributed by atoms with Crippen molar-refractivity contribution in [3.63, 3.8) is 0 Å². The van der Waals surface area contributed by atoms with Crippen LogP contribution in [0.1, 0.15) is 26.3 Å². The Kier molecular flexibility index (Phi) is 4.35. The number of benzene rings is 1. The molecule has 5 heteroatoms. The van der Waals surface area contributed by atoms with Crippen LogP contribution in [0.3, 0.4) is 0 Å². The lowest BCUT2D eigenvalue weighted by Crippen LogP contribution is -2.47. The summed E-state index contributed by atoms with van der Waals surface area (Å²) in [4.78, 5) is 22.8. The zero-order chi connectivity index (χ0) is 13.9. The first-order valence-corrected chi connectivity index (χ1v) is 5.92. The van der Waals surface area contributed by atoms with E-state index in [0.717, 1.165) is 5.56 Å². The molecule has 0 aliphatic heterocycles. The van der Waals surface area contributed by atoms with Crippen molar-refractivity contribution in [2.45, 2.75) is 32.2 Å². The first kappa shape index (κ1) is 14.5. The molecule has 0 saturated heterocycles. The van der Waals surface area contributed by atoms with E-state index >= 15 is 0 Å². The van der Waals surface area contributed by atoms with Crippen LogP contribution in [-0.2, 0) is 15.0 Å². The summed E-state index contributed by atoms with van der Waals surface area (Å²) in [5, 5.41) is 11.8. The minimum Gasteiger partial charge on any atom is -0.480 e. The quantitative estimate of drug-likeness (QED) is 0.881. The Hall–Kier alpha value is -1.55. The molecule has 0 fully saturated rings. The van der Waals surface area contributed by atoms with Crippen LogP contribution in [0.25, 0.3) is 0 Å². The molecule has 0 heterocycles. The second kappa shape index (κ2) is 5.40. The molecule has 0 saturated carbocycles. The first-order chi connectivity index (χ1) is 8.25. The minimum absolute atomic E-state index is 0.348. The molecule has 0 spiro atoms. The van der Waals surface area contributed by atoms with Crippen molar-refractivity contribution >= 4 is 23.5 Å². The van der Waals surface area contributed by atoms with Crippen LogP contribution in [-0.4, -0.2) is 23.0 Å². The van der Waals surface area contributed by atoms with Gasteiger partial charge in [-0.3, -0.25) is 9.59 Å². The standard InChI is InChI=1S/C13H16ClNO3/c1-8(11(16)17)15-12(18)13(2,3)9-5-4-6-10(14)7-9/h4-8H,1-3H3,(H,15,18)(H,16,17)/t8-/m1/s1. The summed E-state index contributed by atoms with van der Waals surface area (Å²) in [6, 6.07) is 6.05. The van der Waals surface area contributed by atoms with Crippen LogP contribution in [0.2, 0.25) is 5.02 Å². The van der Waals surface area contributed by atoms with Gasteiger partial charge < -0.3 is 10.4 Å². The summed E-state index contributed by atoms with van der Waals surface area (Å²) in [6.45, 7) is 4.87. The van der Waals surface area contributed by atoms with Crippen molar-refractivity contribution in [1.29, 1.82) is 0 Å². The topological polar surface area (TPSA) is 66.4 Å². The fraction of sp³-hybridized carbons (Fsp3) is 0.385. The monoisotopic (exact) mass is 269 g/mol. The smallest absolute Gasteiger partial charge is 0.325 e. The summed E-state index contributed by atoms with van der Waals surface area (Å²) in [6.07, 6.45) is 0. The molecule has 0 unspecified atom stereocenters. The highest BCUT2D eigenvalue weighted by molar-refractivity contribution is 6.30. The predicted molar refractivity (Wildman–Crippen MR) is 69.7 cm³/mol. The highest BCUT2D eigenvalue weighted by atomic mass is 35.5. The summed E-state index contributed by atoms with van der Waals surface area (Å²) >= 11 is 5.89. The normalized spacial score (nSPS) is 12.9. The van der Waals surface area contributed by atoms with Gasteiger partial charge in [-0.05, 0) is 38.5 Å². The van der Waals surface area contributed by atoms with Crippen molar-refractivity contribution in [2.75, 3.05) is 0 Å². The van der Waals surface area contributed by atoms with Gasteiger partial charge in [-0.1, -0.05) is 23.7 Å². The van der Waals surface area contributed by atoms with E-state index in [1.807, 2.05) is 0 Å². The molecule has 4 nitrogen and oxygen atoms in total. The largest absolute Gasteiger partial charge is 0.480 e. The van der Waals surface area contributed by atoms with Crippen molar-refractivity contribution < 1.29 is 14.7 Å². The van der Waals surface area contributed by atoms with Crippen molar-refractivity contribution in [3.05, 3.63) is 34.9 Å². The van der Waals surface area contributed by atoms with E-state index in [2.05, 4.69) is 5.32 Å². The fourth-order valence-electron chi connectivity index (χ4n) is 1.45. The zero-order valence-corrected chi connectivity index (χ0v) is 11.3. The highest BCUT2D eigenvalue weighted by Gasteiger charge is 2.31. The van der Waals surface area contributed by atoms with Gasteiger partial charge in [-0.2, -0.15) is 0 Å². The fourth-order valence-corrected chi connectivity index (χ4v) is 1.64. The average molecular weight is 270 g/mol. The van der Waals surface area contributed by atoms with Crippen LogP contribution >= 0.6 is 11.6 Å². The van der Waals surface area contributed by atoms with E-state index in [0.29, 0.717) is 5.02 Å². The van der Waals surface area contributed by atoms with Crippen LogP contribution in [0, 0.1) is 0 Å². The van der Waals surface area contributed by atoms with E-state index in [4.69, 9.17) is 16.7 Å². The Morgan fingerprint density at radius 3 is 2.50 bits per heavy atom. The predicted octanol–water partition coefficient (Wildman–Crippen LogP) is 2.21. The molecule has 2 N–H and O–H groups in total. The lowest BCUT2D eigenvalue weighted by Gasteiger charge is -2.25. The summed E-state index contributed by atoms with van der Waals surface area (Å²) in [5.74, 6) is -1.41. The molecule has 1 aromatic rings. The van der Waals surface area contributed by atoms with Crippen molar-refractivity contribution in [3.8, 4) is 0 Å². The maximum Gasteiger partial charge on any atom is 0.325 e. The molecule has 0 aliphatic rings. The van der Waals surface area contributed by atoms with Crippen LogP contribution < -0.4 is 5.32 Å². The SMILES string of the molecule is C[C@@H](NC(=O)C(C)(C)c1cccc(Cl)c1)C(=O)O. The zero-order valence-electron chi connectivity index (χ0n) is 10.5. The average Bonchev–Trinajstić information content (AvgIpc) is 2.28. The molecule has 0 aliphatic carbocycles. The van der Waals surface area contributed by atoms with Gasteiger partial charge in [0.15, 0.2) is 0 Å². The molecule has 1 amide bonds. The molecule has 18 heavy (non-hydrogen) atoms. The van der Waals surface area contributed by atoms with Gasteiger partial charge in [-0.15, -0.1) is 0 Å². The van der Waals surface area contributed by atoms with E-state index in [1.165, 1.54) is 6.92 Å². The molecule has 0 radical (unpaired) electrons. The van der Waals surface area contributed by atoms with Gasteiger partial charge in [0.25, 0.3) is 0 Å². The van der Waals surface area contributed by atoms with Crippen LogP contribution in [0.4, 0.5) is 0 Å². The Balaban J connectivity index is 2.92. The second-order valence-electron chi connectivity index (χ2n) is 4.67. The third-order valence-corrected chi connectivity index (χ3v) is 3.07. The number of aliphatic carboxylic acids is 1. The van der Waals surface area contributed by atoms with Gasteiger partial charge in [0.2, 0.25) is 5.91 Å². The van der Waals surface area contributed by atoms with E-state index in [1.54, 1.807) is 38.1 Å². The molecule has 1 rings (SSSR count). The van der Waals surface area contributed by atoms with Crippen LogP contribution in [0.15, 0.2) is 24.3 Å². The number of carbonyl (C=O) groups excluding carboxylic acids is 1. The number of carboxylic acid groups (broad SMARTS) is 1. The Morgan fingerprint density at radius 1 is 1.39 bits per heavy atom. The number of halogens is 1. The molecule has 1 atom stereocenters. The maximum absolute atomic E-state index is 12.1.